The summed E-state index contributed by atoms with van der Waals surface area (Å²) in [6.45, 7) is 2.11. The molecule has 2 rings (SSSR count). The molecule has 0 saturated carbocycles. The Bertz CT molecular complexity index is 605. The smallest absolute Gasteiger partial charge is 0.247 e. The Kier molecular flexibility index (Phi) is 5.15. The molecule has 1 saturated heterocycles. The lowest BCUT2D eigenvalue weighted by atomic mass is 10.2. The average Bonchev–Trinajstić information content (AvgIpc) is 2.76. The van der Waals surface area contributed by atoms with E-state index in [1.807, 2.05) is 0 Å². The lowest BCUT2D eigenvalue weighted by Crippen LogP contribution is -2.43. The normalized spacial score (nSPS) is 18.2. The van der Waals surface area contributed by atoms with Gasteiger partial charge in [0.25, 0.3) is 0 Å². The molecule has 7 heteroatoms. The molecule has 1 unspecified atom stereocenters. The molecule has 1 fully saturated rings. The van der Waals surface area contributed by atoms with E-state index in [1.165, 1.54) is 4.90 Å². The molecule has 0 aromatic heterocycles. The Morgan fingerprint density at radius 3 is 2.68 bits per heavy atom. The predicted molar refractivity (Wildman–Crippen MR) is 83.5 cm³/mol. The number of imide groups is 1. The average molecular weight is 324 g/mol. The van der Waals surface area contributed by atoms with E-state index >= 15 is 0 Å². The molecule has 1 atom stereocenters. The number of rotatable bonds is 5. The summed E-state index contributed by atoms with van der Waals surface area (Å²) in [6, 6.07) is 6.34. The number of likely N-dealkylation sites (tertiary alicyclic amines) is 1. The van der Waals surface area contributed by atoms with E-state index in [9.17, 15) is 14.4 Å². The van der Waals surface area contributed by atoms with E-state index in [0.29, 0.717) is 17.3 Å². The van der Waals surface area contributed by atoms with Crippen molar-refractivity contribution < 1.29 is 14.4 Å². The lowest BCUT2D eigenvalue weighted by molar-refractivity contribution is -0.139. The van der Waals surface area contributed by atoms with Crippen LogP contribution in [0.15, 0.2) is 24.3 Å². The van der Waals surface area contributed by atoms with Crippen molar-refractivity contribution in [1.29, 1.82) is 0 Å². The number of likely N-dealkylation sites (N-methyl/N-ethyl adjacent to an activating group) is 2. The van der Waals surface area contributed by atoms with Crippen molar-refractivity contribution in [3.63, 3.8) is 0 Å². The summed E-state index contributed by atoms with van der Waals surface area (Å²) in [5, 5.41) is 3.14. The number of nitrogens with zero attached hydrogens (tertiary/aromatic N) is 2. The van der Waals surface area contributed by atoms with Gasteiger partial charge in [-0.05, 0) is 26.1 Å². The van der Waals surface area contributed by atoms with Crippen LogP contribution in [-0.4, -0.2) is 53.7 Å². The van der Waals surface area contributed by atoms with Gasteiger partial charge in [0.15, 0.2) is 0 Å². The molecule has 1 N–H and O–H groups in total. The van der Waals surface area contributed by atoms with Crippen LogP contribution < -0.4 is 5.32 Å². The van der Waals surface area contributed by atoms with Crippen molar-refractivity contribution in [3.8, 4) is 0 Å². The fourth-order valence-corrected chi connectivity index (χ4v) is 2.61. The summed E-state index contributed by atoms with van der Waals surface area (Å²) in [4.78, 5) is 38.7. The molecule has 0 bridgehead atoms. The van der Waals surface area contributed by atoms with Gasteiger partial charge in [-0.25, -0.2) is 0 Å². The van der Waals surface area contributed by atoms with E-state index in [2.05, 4.69) is 5.32 Å². The molecule has 3 amide bonds. The first-order valence-electron chi connectivity index (χ1n) is 7.02. The highest BCUT2D eigenvalue weighted by molar-refractivity contribution is 6.33. The Labute approximate surface area is 134 Å². The first-order valence-corrected chi connectivity index (χ1v) is 7.40. The van der Waals surface area contributed by atoms with E-state index in [0.717, 1.165) is 0 Å². The summed E-state index contributed by atoms with van der Waals surface area (Å²) in [7, 11) is 1.65. The molecule has 1 aliphatic rings. The number of benzene rings is 1. The number of nitrogens with one attached hydrogen (secondary N) is 1. The van der Waals surface area contributed by atoms with Gasteiger partial charge in [-0.1, -0.05) is 23.7 Å². The van der Waals surface area contributed by atoms with E-state index in [1.54, 1.807) is 43.1 Å². The largest absolute Gasteiger partial charge is 0.324 e. The van der Waals surface area contributed by atoms with Crippen molar-refractivity contribution in [2.75, 3.05) is 25.5 Å². The molecular formula is C15H18ClN3O3. The highest BCUT2D eigenvalue weighted by atomic mass is 35.5. The SMILES string of the molecule is CCN1C(=O)CC(N(C)CC(=O)Nc2ccccc2Cl)C1=O. The third kappa shape index (κ3) is 3.45. The van der Waals surface area contributed by atoms with Crippen molar-refractivity contribution >= 4 is 35.0 Å². The van der Waals surface area contributed by atoms with Crippen LogP contribution in [0.5, 0.6) is 0 Å². The van der Waals surface area contributed by atoms with Crippen LogP contribution >= 0.6 is 11.6 Å². The zero-order valence-corrected chi connectivity index (χ0v) is 13.3. The van der Waals surface area contributed by atoms with Crippen molar-refractivity contribution in [2.24, 2.45) is 0 Å². The predicted octanol–water partition coefficient (Wildman–Crippen LogP) is 1.36. The molecule has 1 aromatic rings. The second-order valence-corrected chi connectivity index (χ2v) is 5.55. The van der Waals surface area contributed by atoms with Gasteiger partial charge in [0.1, 0.15) is 0 Å². The minimum absolute atomic E-state index is 0.00641. The summed E-state index contributed by atoms with van der Waals surface area (Å²) in [5.74, 6) is -0.734. The molecule has 118 valence electrons. The van der Waals surface area contributed by atoms with Crippen molar-refractivity contribution in [2.45, 2.75) is 19.4 Å². The van der Waals surface area contributed by atoms with Gasteiger partial charge in [0.05, 0.1) is 29.7 Å². The van der Waals surface area contributed by atoms with Crippen LogP contribution in [0.2, 0.25) is 5.02 Å². The topological polar surface area (TPSA) is 69.7 Å². The fourth-order valence-electron chi connectivity index (χ4n) is 2.43. The number of para-hydroxylation sites is 1. The summed E-state index contributed by atoms with van der Waals surface area (Å²) in [5.41, 5.74) is 0.520. The summed E-state index contributed by atoms with van der Waals surface area (Å²) >= 11 is 5.98. The third-order valence-corrected chi connectivity index (χ3v) is 3.94. The highest BCUT2D eigenvalue weighted by Crippen LogP contribution is 2.21. The number of carbonyl (C=O) groups excluding carboxylic acids is 3. The Hall–Kier alpha value is -1.92. The van der Waals surface area contributed by atoms with Gasteiger partial charge >= 0.3 is 0 Å². The summed E-state index contributed by atoms with van der Waals surface area (Å²) in [6.07, 6.45) is 0.114. The zero-order valence-electron chi connectivity index (χ0n) is 12.5. The minimum atomic E-state index is -0.579. The van der Waals surface area contributed by atoms with Gasteiger partial charge in [-0.2, -0.15) is 0 Å². The first kappa shape index (κ1) is 16.5. The van der Waals surface area contributed by atoms with Crippen LogP contribution in [0.25, 0.3) is 0 Å². The Balaban J connectivity index is 1.96. The maximum atomic E-state index is 12.1. The minimum Gasteiger partial charge on any atom is -0.324 e. The van der Waals surface area contributed by atoms with Gasteiger partial charge < -0.3 is 5.32 Å². The number of carbonyl (C=O) groups is 3. The van der Waals surface area contributed by atoms with Crippen LogP contribution in [0.3, 0.4) is 0 Å². The summed E-state index contributed by atoms with van der Waals surface area (Å²) < 4.78 is 0. The van der Waals surface area contributed by atoms with Crippen molar-refractivity contribution in [3.05, 3.63) is 29.3 Å². The number of amides is 3. The van der Waals surface area contributed by atoms with Gasteiger partial charge in [-0.15, -0.1) is 0 Å². The lowest BCUT2D eigenvalue weighted by Gasteiger charge is -2.22. The van der Waals surface area contributed by atoms with E-state index in [4.69, 9.17) is 11.6 Å². The Morgan fingerprint density at radius 1 is 1.41 bits per heavy atom. The second kappa shape index (κ2) is 6.89. The highest BCUT2D eigenvalue weighted by Gasteiger charge is 2.40. The van der Waals surface area contributed by atoms with Crippen LogP contribution in [0, 0.1) is 0 Å². The molecule has 0 spiro atoms. The second-order valence-electron chi connectivity index (χ2n) is 5.14. The van der Waals surface area contributed by atoms with E-state index in [-0.39, 0.29) is 30.7 Å². The number of hydrogen-bond donors (Lipinski definition) is 1. The van der Waals surface area contributed by atoms with Gasteiger partial charge in [0.2, 0.25) is 17.7 Å². The zero-order chi connectivity index (χ0) is 16.3. The van der Waals surface area contributed by atoms with Crippen molar-refractivity contribution in [1.82, 2.24) is 9.80 Å². The number of hydrogen-bond acceptors (Lipinski definition) is 4. The molecule has 1 aliphatic heterocycles. The fraction of sp³-hybridized carbons (Fsp3) is 0.400. The first-order chi connectivity index (χ1) is 10.4. The third-order valence-electron chi connectivity index (χ3n) is 3.61. The molecule has 0 radical (unpaired) electrons. The molecule has 22 heavy (non-hydrogen) atoms. The maximum Gasteiger partial charge on any atom is 0.247 e. The molecule has 0 aliphatic carbocycles. The molecular weight excluding hydrogens is 306 g/mol. The molecule has 6 nitrogen and oxygen atoms in total. The van der Waals surface area contributed by atoms with Crippen LogP contribution in [-0.2, 0) is 14.4 Å². The standard InChI is InChI=1S/C15H18ClN3O3/c1-3-19-14(21)8-12(15(19)22)18(2)9-13(20)17-11-7-5-4-6-10(11)16/h4-7,12H,3,8-9H2,1-2H3,(H,17,20). The monoisotopic (exact) mass is 323 g/mol. The maximum absolute atomic E-state index is 12.1. The molecule has 1 heterocycles. The van der Waals surface area contributed by atoms with E-state index < -0.39 is 6.04 Å². The van der Waals surface area contributed by atoms with Crippen LogP contribution in [0.4, 0.5) is 5.69 Å². The number of anilines is 1. The Morgan fingerprint density at radius 2 is 2.09 bits per heavy atom. The van der Waals surface area contributed by atoms with Gasteiger partial charge in [0, 0.05) is 6.54 Å². The number of halogens is 1. The quantitative estimate of drug-likeness (QED) is 0.831. The van der Waals surface area contributed by atoms with Gasteiger partial charge in [-0.3, -0.25) is 24.2 Å². The molecule has 1 aromatic carbocycles. The van der Waals surface area contributed by atoms with Crippen LogP contribution in [0.1, 0.15) is 13.3 Å².